The van der Waals surface area contributed by atoms with Crippen LogP contribution in [0.2, 0.25) is 0 Å². The van der Waals surface area contributed by atoms with Gasteiger partial charge in [0.15, 0.2) is 0 Å². The second kappa shape index (κ2) is 4.63. The molecule has 0 saturated carbocycles. The molecule has 0 N–H and O–H groups in total. The van der Waals surface area contributed by atoms with Crippen molar-refractivity contribution in [3.63, 3.8) is 0 Å². The van der Waals surface area contributed by atoms with Crippen LogP contribution >= 0.6 is 11.6 Å². The molecule has 0 radical (unpaired) electrons. The highest BCUT2D eigenvalue weighted by Crippen LogP contribution is 2.20. The Kier molecular flexibility index (Phi) is 3.74. The van der Waals surface area contributed by atoms with Crippen molar-refractivity contribution in [3.05, 3.63) is 11.8 Å². The Morgan fingerprint density at radius 3 is 2.43 bits per heavy atom. The molecular formula is C7H8ClF3N2O. The van der Waals surface area contributed by atoms with E-state index in [1.54, 1.807) is 0 Å². The fourth-order valence-corrected chi connectivity index (χ4v) is 0.984. The molecule has 0 bridgehead atoms. The number of alkyl halides is 4. The van der Waals surface area contributed by atoms with Gasteiger partial charge in [-0.3, -0.25) is 0 Å². The second-order valence-electron chi connectivity index (χ2n) is 2.67. The van der Waals surface area contributed by atoms with Crippen molar-refractivity contribution in [3.8, 4) is 0 Å². The van der Waals surface area contributed by atoms with E-state index in [9.17, 15) is 13.2 Å². The zero-order valence-corrected chi connectivity index (χ0v) is 7.90. The SMILES string of the molecule is FC(F)(F)Cc1nnc(CCCCl)o1. The number of nitrogens with zero attached hydrogens (tertiary/aromatic N) is 2. The third-order valence-electron chi connectivity index (χ3n) is 1.38. The Labute approximate surface area is 83.3 Å². The Morgan fingerprint density at radius 2 is 1.86 bits per heavy atom. The molecule has 1 aromatic rings. The molecule has 0 spiro atoms. The second-order valence-corrected chi connectivity index (χ2v) is 3.05. The summed E-state index contributed by atoms with van der Waals surface area (Å²) in [6.45, 7) is 0. The van der Waals surface area contributed by atoms with Gasteiger partial charge in [-0.2, -0.15) is 13.2 Å². The molecule has 0 aliphatic heterocycles. The molecule has 0 aliphatic rings. The van der Waals surface area contributed by atoms with Gasteiger partial charge in [-0.25, -0.2) is 0 Å². The largest absolute Gasteiger partial charge is 0.425 e. The molecule has 1 heterocycles. The third kappa shape index (κ3) is 3.95. The normalized spacial score (nSPS) is 12.0. The minimum absolute atomic E-state index is 0.199. The molecule has 1 aromatic heterocycles. The van der Waals surface area contributed by atoms with Crippen molar-refractivity contribution in [2.24, 2.45) is 0 Å². The first kappa shape index (κ1) is 11.3. The summed E-state index contributed by atoms with van der Waals surface area (Å²) in [4.78, 5) is 0. The van der Waals surface area contributed by atoms with Gasteiger partial charge < -0.3 is 4.42 Å². The van der Waals surface area contributed by atoms with Crippen LogP contribution in [0.25, 0.3) is 0 Å². The van der Waals surface area contributed by atoms with Crippen molar-refractivity contribution < 1.29 is 17.6 Å². The van der Waals surface area contributed by atoms with Gasteiger partial charge in [0.05, 0.1) is 0 Å². The first-order valence-corrected chi connectivity index (χ1v) is 4.48. The number of rotatable bonds is 4. The topological polar surface area (TPSA) is 38.9 Å². The summed E-state index contributed by atoms with van der Waals surface area (Å²) in [6.07, 6.45) is -4.47. The van der Waals surface area contributed by atoms with E-state index in [4.69, 9.17) is 16.0 Å². The van der Waals surface area contributed by atoms with Crippen LogP contribution in [0.4, 0.5) is 13.2 Å². The highest BCUT2D eigenvalue weighted by molar-refractivity contribution is 6.17. The maximum absolute atomic E-state index is 11.9. The summed E-state index contributed by atoms with van der Waals surface area (Å²) < 4.78 is 40.3. The quantitative estimate of drug-likeness (QED) is 0.743. The smallest absolute Gasteiger partial charge is 0.397 e. The number of hydrogen-bond acceptors (Lipinski definition) is 3. The lowest BCUT2D eigenvalue weighted by atomic mass is 10.3. The van der Waals surface area contributed by atoms with Crippen LogP contribution in [0, 0.1) is 0 Å². The molecule has 7 heteroatoms. The van der Waals surface area contributed by atoms with Crippen LogP contribution < -0.4 is 0 Å². The molecule has 0 unspecified atom stereocenters. The molecular weight excluding hydrogens is 221 g/mol. The molecule has 0 aliphatic carbocycles. The Balaban J connectivity index is 2.51. The molecule has 0 fully saturated rings. The fourth-order valence-electron chi connectivity index (χ4n) is 0.850. The zero-order valence-electron chi connectivity index (χ0n) is 7.14. The van der Waals surface area contributed by atoms with Gasteiger partial charge in [0.2, 0.25) is 11.8 Å². The van der Waals surface area contributed by atoms with Crippen molar-refractivity contribution >= 4 is 11.6 Å². The average Bonchev–Trinajstić information content (AvgIpc) is 2.46. The van der Waals surface area contributed by atoms with Crippen molar-refractivity contribution in [1.82, 2.24) is 10.2 Å². The Morgan fingerprint density at radius 1 is 1.21 bits per heavy atom. The Hall–Kier alpha value is -0.780. The lowest BCUT2D eigenvalue weighted by molar-refractivity contribution is -0.130. The van der Waals surface area contributed by atoms with E-state index in [0.717, 1.165) is 0 Å². The lowest BCUT2D eigenvalue weighted by Gasteiger charge is -2.00. The van der Waals surface area contributed by atoms with Crippen molar-refractivity contribution in [2.75, 3.05) is 5.88 Å². The minimum atomic E-state index is -4.31. The zero-order chi connectivity index (χ0) is 10.6. The number of aryl methyl sites for hydroxylation is 1. The maximum Gasteiger partial charge on any atom is 0.397 e. The van der Waals surface area contributed by atoms with Gasteiger partial charge in [-0.05, 0) is 6.42 Å². The van der Waals surface area contributed by atoms with Crippen LogP contribution in [-0.4, -0.2) is 22.3 Å². The predicted octanol–water partition coefficient (Wildman–Crippen LogP) is 2.35. The monoisotopic (exact) mass is 228 g/mol. The summed E-state index contributed by atoms with van der Waals surface area (Å²) in [7, 11) is 0. The van der Waals surface area contributed by atoms with E-state index in [1.165, 1.54) is 0 Å². The summed E-state index contributed by atoms with van der Waals surface area (Å²) in [5.41, 5.74) is 0. The van der Waals surface area contributed by atoms with Crippen LogP contribution in [-0.2, 0) is 12.8 Å². The van der Waals surface area contributed by atoms with Gasteiger partial charge in [0.25, 0.3) is 0 Å². The highest BCUT2D eigenvalue weighted by Gasteiger charge is 2.30. The number of halogens is 4. The third-order valence-corrected chi connectivity index (χ3v) is 1.65. The summed E-state index contributed by atoms with van der Waals surface area (Å²) in [5.74, 6) is 0.212. The molecule has 0 atom stereocenters. The highest BCUT2D eigenvalue weighted by atomic mass is 35.5. The molecule has 14 heavy (non-hydrogen) atoms. The van der Waals surface area contributed by atoms with Gasteiger partial charge in [0, 0.05) is 12.3 Å². The lowest BCUT2D eigenvalue weighted by Crippen LogP contribution is -2.11. The van der Waals surface area contributed by atoms with Crippen molar-refractivity contribution in [2.45, 2.75) is 25.4 Å². The van der Waals surface area contributed by atoms with E-state index in [-0.39, 0.29) is 5.89 Å². The molecule has 3 nitrogen and oxygen atoms in total. The summed E-state index contributed by atoms with van der Waals surface area (Å²) >= 11 is 5.39. The van der Waals surface area contributed by atoms with Gasteiger partial charge in [-0.15, -0.1) is 21.8 Å². The Bertz CT molecular complexity index is 287. The molecule has 0 saturated heterocycles. The van der Waals surface area contributed by atoms with Crippen molar-refractivity contribution in [1.29, 1.82) is 0 Å². The standard InChI is InChI=1S/C7H8ClF3N2O/c8-3-1-2-5-12-13-6(14-5)4-7(9,10)11/h1-4H2. The fraction of sp³-hybridized carbons (Fsp3) is 0.714. The average molecular weight is 229 g/mol. The molecule has 1 rings (SSSR count). The number of aromatic nitrogens is 2. The van der Waals surface area contributed by atoms with Crippen LogP contribution in [0.1, 0.15) is 18.2 Å². The van der Waals surface area contributed by atoms with Crippen LogP contribution in [0.5, 0.6) is 0 Å². The van der Waals surface area contributed by atoms with Crippen LogP contribution in [0.3, 0.4) is 0 Å². The maximum atomic E-state index is 11.9. The minimum Gasteiger partial charge on any atom is -0.425 e. The van der Waals surface area contributed by atoms with E-state index < -0.39 is 18.5 Å². The number of hydrogen-bond donors (Lipinski definition) is 0. The first-order valence-electron chi connectivity index (χ1n) is 3.95. The molecule has 80 valence electrons. The van der Waals surface area contributed by atoms with E-state index in [2.05, 4.69) is 10.2 Å². The molecule has 0 aromatic carbocycles. The van der Waals surface area contributed by atoms with E-state index >= 15 is 0 Å². The van der Waals surface area contributed by atoms with Crippen LogP contribution in [0.15, 0.2) is 4.42 Å². The van der Waals surface area contributed by atoms with Gasteiger partial charge in [0.1, 0.15) is 6.42 Å². The van der Waals surface area contributed by atoms with Gasteiger partial charge in [-0.1, -0.05) is 0 Å². The summed E-state index contributed by atoms with van der Waals surface area (Å²) in [6, 6.07) is 0. The first-order chi connectivity index (χ1) is 6.51. The predicted molar refractivity (Wildman–Crippen MR) is 43.1 cm³/mol. The molecule has 0 amide bonds. The van der Waals surface area contributed by atoms with E-state index in [0.29, 0.717) is 18.7 Å². The van der Waals surface area contributed by atoms with Gasteiger partial charge >= 0.3 is 6.18 Å². The summed E-state index contributed by atoms with van der Waals surface area (Å²) in [5, 5.41) is 6.74. The van der Waals surface area contributed by atoms with E-state index in [1.807, 2.05) is 0 Å².